The Morgan fingerprint density at radius 3 is 2.75 bits per heavy atom. The topological polar surface area (TPSA) is 95.0 Å². The molecule has 0 radical (unpaired) electrons. The van der Waals surface area contributed by atoms with E-state index in [1.807, 2.05) is 13.8 Å². The summed E-state index contributed by atoms with van der Waals surface area (Å²) in [7, 11) is 0. The molecule has 3 rings (SSSR count). The van der Waals surface area contributed by atoms with Crippen LogP contribution in [0, 0.1) is 0 Å². The van der Waals surface area contributed by atoms with Crippen LogP contribution in [0.25, 0.3) is 5.95 Å². The van der Waals surface area contributed by atoms with E-state index in [2.05, 4.69) is 25.0 Å². The molecule has 0 bridgehead atoms. The lowest BCUT2D eigenvalue weighted by Crippen LogP contribution is -2.49. The van der Waals surface area contributed by atoms with Crippen molar-refractivity contribution in [1.29, 1.82) is 0 Å². The van der Waals surface area contributed by atoms with Gasteiger partial charge in [0, 0.05) is 25.5 Å². The molecule has 0 aromatic carbocycles. The molecule has 3 heterocycles. The van der Waals surface area contributed by atoms with Crippen molar-refractivity contribution in [3.05, 3.63) is 18.5 Å². The molecule has 0 saturated carbocycles. The average molecular weight is 275 g/mol. The molecule has 2 aromatic heterocycles. The molecule has 0 unspecified atom stereocenters. The number of aromatic nitrogens is 5. The van der Waals surface area contributed by atoms with Crippen LogP contribution in [0.4, 0.5) is 11.9 Å². The van der Waals surface area contributed by atoms with E-state index in [-0.39, 0.29) is 11.5 Å². The first-order valence-corrected chi connectivity index (χ1v) is 6.44. The highest BCUT2D eigenvalue weighted by atomic mass is 16.5. The quantitative estimate of drug-likeness (QED) is 0.839. The first-order chi connectivity index (χ1) is 9.53. The molecule has 20 heavy (non-hydrogen) atoms. The second-order valence-corrected chi connectivity index (χ2v) is 5.27. The summed E-state index contributed by atoms with van der Waals surface area (Å²) in [6, 6.07) is 1.80. The molecule has 1 aliphatic rings. The fourth-order valence-corrected chi connectivity index (χ4v) is 2.19. The van der Waals surface area contributed by atoms with Gasteiger partial charge in [-0.2, -0.15) is 20.1 Å². The Bertz CT molecular complexity index is 596. The maximum atomic E-state index is 5.78. The SMILES string of the molecule is CC1(C)CN(c2nc(N)nc(-n3cccn3)n2)CCO1. The van der Waals surface area contributed by atoms with Crippen molar-refractivity contribution in [2.24, 2.45) is 0 Å². The van der Waals surface area contributed by atoms with Gasteiger partial charge in [0.25, 0.3) is 5.95 Å². The van der Waals surface area contributed by atoms with E-state index in [4.69, 9.17) is 10.5 Å². The van der Waals surface area contributed by atoms with Crippen molar-refractivity contribution in [2.45, 2.75) is 19.4 Å². The number of nitrogens with zero attached hydrogens (tertiary/aromatic N) is 6. The van der Waals surface area contributed by atoms with Crippen LogP contribution >= 0.6 is 0 Å². The molecular formula is C12H17N7O. The Morgan fingerprint density at radius 1 is 1.25 bits per heavy atom. The Balaban J connectivity index is 1.94. The van der Waals surface area contributed by atoms with Crippen molar-refractivity contribution < 1.29 is 4.74 Å². The summed E-state index contributed by atoms with van der Waals surface area (Å²) in [5.74, 6) is 1.16. The molecule has 1 saturated heterocycles. The van der Waals surface area contributed by atoms with Crippen LogP contribution in [0.3, 0.4) is 0 Å². The van der Waals surface area contributed by atoms with Gasteiger partial charge in [0.15, 0.2) is 0 Å². The first kappa shape index (κ1) is 12.8. The summed E-state index contributed by atoms with van der Waals surface area (Å²) in [6.45, 7) is 6.15. The fraction of sp³-hybridized carbons (Fsp3) is 0.500. The highest BCUT2D eigenvalue weighted by molar-refractivity contribution is 5.38. The summed E-state index contributed by atoms with van der Waals surface area (Å²) < 4.78 is 7.25. The number of nitrogen functional groups attached to an aromatic ring is 1. The molecule has 8 heteroatoms. The molecule has 0 spiro atoms. The third-order valence-electron chi connectivity index (χ3n) is 3.05. The third-order valence-corrected chi connectivity index (χ3v) is 3.05. The molecule has 2 N–H and O–H groups in total. The summed E-state index contributed by atoms with van der Waals surface area (Å²) >= 11 is 0. The van der Waals surface area contributed by atoms with Crippen LogP contribution < -0.4 is 10.6 Å². The minimum Gasteiger partial charge on any atom is -0.372 e. The van der Waals surface area contributed by atoms with Gasteiger partial charge in [0.05, 0.1) is 12.2 Å². The predicted octanol–water partition coefficient (Wildman–Crippen LogP) is 0.255. The van der Waals surface area contributed by atoms with Gasteiger partial charge in [0.1, 0.15) is 0 Å². The standard InChI is InChI=1S/C12H17N7O/c1-12(2)8-18(6-7-20-12)10-15-9(13)16-11(17-10)19-5-3-4-14-19/h3-5H,6-8H2,1-2H3,(H2,13,15,16,17). The first-order valence-electron chi connectivity index (χ1n) is 6.44. The zero-order valence-electron chi connectivity index (χ0n) is 11.5. The van der Waals surface area contributed by atoms with E-state index >= 15 is 0 Å². The molecule has 0 aliphatic carbocycles. The summed E-state index contributed by atoms with van der Waals surface area (Å²) in [6.07, 6.45) is 3.43. The van der Waals surface area contributed by atoms with Crippen molar-refractivity contribution >= 4 is 11.9 Å². The highest BCUT2D eigenvalue weighted by Crippen LogP contribution is 2.21. The minimum absolute atomic E-state index is 0.185. The van der Waals surface area contributed by atoms with Crippen LogP contribution in [0.15, 0.2) is 18.5 Å². The molecule has 1 aliphatic heterocycles. The largest absolute Gasteiger partial charge is 0.372 e. The zero-order valence-corrected chi connectivity index (χ0v) is 11.5. The minimum atomic E-state index is -0.231. The molecule has 0 amide bonds. The van der Waals surface area contributed by atoms with Gasteiger partial charge >= 0.3 is 0 Å². The van der Waals surface area contributed by atoms with Gasteiger partial charge in [-0.05, 0) is 19.9 Å². The van der Waals surface area contributed by atoms with E-state index in [0.29, 0.717) is 25.0 Å². The van der Waals surface area contributed by atoms with Crippen molar-refractivity contribution in [1.82, 2.24) is 24.7 Å². The van der Waals surface area contributed by atoms with E-state index in [9.17, 15) is 0 Å². The zero-order chi connectivity index (χ0) is 14.2. The maximum Gasteiger partial charge on any atom is 0.257 e. The van der Waals surface area contributed by atoms with Crippen LogP contribution in [-0.4, -0.2) is 50.0 Å². The van der Waals surface area contributed by atoms with Crippen molar-refractivity contribution in [3.8, 4) is 5.95 Å². The molecule has 8 nitrogen and oxygen atoms in total. The average Bonchev–Trinajstić information content (AvgIpc) is 2.90. The summed E-state index contributed by atoms with van der Waals surface area (Å²) in [4.78, 5) is 14.8. The van der Waals surface area contributed by atoms with E-state index < -0.39 is 0 Å². The van der Waals surface area contributed by atoms with Gasteiger partial charge in [-0.25, -0.2) is 4.68 Å². The van der Waals surface area contributed by atoms with Gasteiger partial charge < -0.3 is 15.4 Å². The lowest BCUT2D eigenvalue weighted by atomic mass is 10.1. The Morgan fingerprint density at radius 2 is 2.05 bits per heavy atom. The van der Waals surface area contributed by atoms with E-state index in [0.717, 1.165) is 6.54 Å². The second-order valence-electron chi connectivity index (χ2n) is 5.27. The molecule has 0 atom stereocenters. The number of hydrogen-bond donors (Lipinski definition) is 1. The molecule has 106 valence electrons. The smallest absolute Gasteiger partial charge is 0.257 e. The Hall–Kier alpha value is -2.22. The van der Waals surface area contributed by atoms with Gasteiger partial charge in [-0.3, -0.25) is 0 Å². The number of nitrogens with two attached hydrogens (primary N) is 1. The predicted molar refractivity (Wildman–Crippen MR) is 73.6 cm³/mol. The molecule has 1 fully saturated rings. The van der Waals surface area contributed by atoms with Crippen LogP contribution in [0.2, 0.25) is 0 Å². The van der Waals surface area contributed by atoms with Gasteiger partial charge in [-0.15, -0.1) is 0 Å². The Labute approximate surface area is 116 Å². The second kappa shape index (κ2) is 4.71. The van der Waals surface area contributed by atoms with Crippen molar-refractivity contribution in [3.63, 3.8) is 0 Å². The summed E-state index contributed by atoms with van der Waals surface area (Å²) in [5, 5.41) is 4.11. The van der Waals surface area contributed by atoms with Crippen LogP contribution in [0.1, 0.15) is 13.8 Å². The lowest BCUT2D eigenvalue weighted by molar-refractivity contribution is -0.0281. The van der Waals surface area contributed by atoms with E-state index in [1.54, 1.807) is 23.1 Å². The maximum absolute atomic E-state index is 5.78. The monoisotopic (exact) mass is 275 g/mol. The van der Waals surface area contributed by atoms with E-state index in [1.165, 1.54) is 0 Å². The fourth-order valence-electron chi connectivity index (χ4n) is 2.19. The van der Waals surface area contributed by atoms with Crippen LogP contribution in [0.5, 0.6) is 0 Å². The highest BCUT2D eigenvalue weighted by Gasteiger charge is 2.29. The number of hydrogen-bond acceptors (Lipinski definition) is 7. The molecule has 2 aromatic rings. The number of morpholine rings is 1. The normalized spacial score (nSPS) is 18.2. The molecular weight excluding hydrogens is 258 g/mol. The summed E-state index contributed by atoms with van der Waals surface area (Å²) in [5.41, 5.74) is 5.55. The van der Waals surface area contributed by atoms with Gasteiger partial charge in [0.2, 0.25) is 11.9 Å². The Kier molecular flexibility index (Phi) is 3.01. The number of rotatable bonds is 2. The van der Waals surface area contributed by atoms with Crippen LogP contribution in [-0.2, 0) is 4.74 Å². The third kappa shape index (κ3) is 2.55. The number of anilines is 2. The lowest BCUT2D eigenvalue weighted by Gasteiger charge is -2.38. The van der Waals surface area contributed by atoms with Crippen molar-refractivity contribution in [2.75, 3.05) is 30.3 Å². The van der Waals surface area contributed by atoms with Gasteiger partial charge in [-0.1, -0.05) is 0 Å². The number of ether oxygens (including phenoxy) is 1.